The van der Waals surface area contributed by atoms with Crippen LogP contribution in [0.25, 0.3) is 16.7 Å². The Bertz CT molecular complexity index is 1310. The van der Waals surface area contributed by atoms with Crippen LogP contribution in [-0.4, -0.2) is 32.4 Å². The molecule has 4 aromatic rings. The van der Waals surface area contributed by atoms with Gasteiger partial charge < -0.3 is 13.9 Å². The maximum Gasteiger partial charge on any atom is 0.338 e. The van der Waals surface area contributed by atoms with Crippen LogP contribution in [0.5, 0.6) is 0 Å². The fourth-order valence-electron chi connectivity index (χ4n) is 3.77. The number of hydrazone groups is 1. The van der Waals surface area contributed by atoms with Crippen molar-refractivity contribution in [2.24, 2.45) is 12.1 Å². The third kappa shape index (κ3) is 4.14. The van der Waals surface area contributed by atoms with Crippen LogP contribution < -0.4 is 5.43 Å². The number of benzene rings is 2. The first-order chi connectivity index (χ1) is 15.3. The molecular formula is C25H27N5O2. The van der Waals surface area contributed by atoms with E-state index in [1.165, 1.54) is 0 Å². The van der Waals surface area contributed by atoms with Gasteiger partial charge in [0.05, 0.1) is 28.9 Å². The number of imidazole rings is 1. The summed E-state index contributed by atoms with van der Waals surface area (Å²) in [4.78, 5) is 16.9. The van der Waals surface area contributed by atoms with Crippen LogP contribution in [0.2, 0.25) is 0 Å². The van der Waals surface area contributed by atoms with Crippen LogP contribution >= 0.6 is 0 Å². The molecule has 4 rings (SSSR count). The van der Waals surface area contributed by atoms with Crippen molar-refractivity contribution in [3.05, 3.63) is 77.1 Å². The van der Waals surface area contributed by atoms with Gasteiger partial charge >= 0.3 is 5.97 Å². The fraction of sp³-hybridized carbons (Fsp3) is 0.240. The normalized spacial score (nSPS) is 11.6. The zero-order chi connectivity index (χ0) is 22.8. The van der Waals surface area contributed by atoms with Crippen LogP contribution in [0.15, 0.2) is 59.7 Å². The summed E-state index contributed by atoms with van der Waals surface area (Å²) in [6.07, 6.45) is 1.63. The zero-order valence-corrected chi connectivity index (χ0v) is 19.0. The van der Waals surface area contributed by atoms with Crippen molar-refractivity contribution in [1.82, 2.24) is 14.1 Å². The first-order valence-electron chi connectivity index (χ1n) is 10.6. The minimum absolute atomic E-state index is 0.159. The number of para-hydroxylation sites is 2. The van der Waals surface area contributed by atoms with Crippen molar-refractivity contribution < 1.29 is 9.53 Å². The number of rotatable bonds is 6. The molecule has 7 heteroatoms. The number of aryl methyl sites for hydroxylation is 2. The number of aromatic nitrogens is 3. The van der Waals surface area contributed by atoms with Gasteiger partial charge in [-0.15, -0.1) is 0 Å². The van der Waals surface area contributed by atoms with E-state index in [1.807, 2.05) is 81.8 Å². The Labute approximate surface area is 187 Å². The predicted octanol–water partition coefficient (Wildman–Crippen LogP) is 4.99. The van der Waals surface area contributed by atoms with Crippen molar-refractivity contribution in [2.45, 2.75) is 33.8 Å². The van der Waals surface area contributed by atoms with E-state index in [1.54, 1.807) is 12.3 Å². The summed E-state index contributed by atoms with van der Waals surface area (Å²) in [5.74, 6) is 0.352. The topological polar surface area (TPSA) is 73.4 Å². The molecule has 0 saturated carbocycles. The molecule has 0 spiro atoms. The molecule has 0 bridgehead atoms. The van der Waals surface area contributed by atoms with Gasteiger partial charge in [0.1, 0.15) is 0 Å². The largest absolute Gasteiger partial charge is 0.459 e. The highest BCUT2D eigenvalue weighted by molar-refractivity contribution is 5.90. The lowest BCUT2D eigenvalue weighted by Gasteiger charge is -2.12. The van der Waals surface area contributed by atoms with Gasteiger partial charge in [-0.25, -0.2) is 15.2 Å². The Kier molecular flexibility index (Phi) is 5.81. The average molecular weight is 430 g/mol. The molecule has 0 unspecified atom stereocenters. The van der Waals surface area contributed by atoms with Crippen molar-refractivity contribution in [3.63, 3.8) is 0 Å². The molecule has 0 aliphatic carbocycles. The van der Waals surface area contributed by atoms with E-state index < -0.39 is 0 Å². The summed E-state index contributed by atoms with van der Waals surface area (Å²) in [6.45, 7) is 7.75. The molecule has 32 heavy (non-hydrogen) atoms. The van der Waals surface area contributed by atoms with E-state index in [-0.39, 0.29) is 12.1 Å². The number of esters is 1. The highest BCUT2D eigenvalue weighted by atomic mass is 16.5. The molecule has 0 aliphatic rings. The number of anilines is 1. The standard InChI is InChI=1S/C25H27N5O2/c1-16(2)32-24(31)19-9-8-10-21(14-19)30-17(3)13-20(18(30)4)15-26-28-25-27-22-11-6-7-12-23(22)29(25)5/h6-16H,1-5H3,(H,27,28)/b26-15-. The quantitative estimate of drug-likeness (QED) is 0.266. The number of carbonyl (C=O) groups is 1. The van der Waals surface area contributed by atoms with Crippen LogP contribution in [-0.2, 0) is 11.8 Å². The molecule has 0 amide bonds. The molecule has 7 nitrogen and oxygen atoms in total. The number of ether oxygens (including phenoxy) is 1. The van der Waals surface area contributed by atoms with Gasteiger partial charge in [-0.05, 0) is 64.1 Å². The van der Waals surface area contributed by atoms with Gasteiger partial charge in [-0.2, -0.15) is 5.10 Å². The van der Waals surface area contributed by atoms with E-state index in [9.17, 15) is 4.79 Å². The molecule has 0 fully saturated rings. The zero-order valence-electron chi connectivity index (χ0n) is 19.0. The summed E-state index contributed by atoms with van der Waals surface area (Å²) >= 11 is 0. The van der Waals surface area contributed by atoms with Gasteiger partial charge in [0, 0.05) is 29.7 Å². The van der Waals surface area contributed by atoms with E-state index in [2.05, 4.69) is 26.1 Å². The van der Waals surface area contributed by atoms with Crippen LogP contribution in [0.1, 0.15) is 41.2 Å². The first kappa shape index (κ1) is 21.4. The second-order valence-electron chi connectivity index (χ2n) is 8.02. The van der Waals surface area contributed by atoms with Crippen LogP contribution in [0.3, 0.4) is 0 Å². The molecule has 164 valence electrons. The molecule has 0 radical (unpaired) electrons. The summed E-state index contributed by atoms with van der Waals surface area (Å²) in [6, 6.07) is 17.5. The second-order valence-corrected chi connectivity index (χ2v) is 8.02. The summed E-state index contributed by atoms with van der Waals surface area (Å²) in [5, 5.41) is 4.41. The van der Waals surface area contributed by atoms with E-state index in [0.29, 0.717) is 11.5 Å². The molecule has 1 N–H and O–H groups in total. The number of carbonyl (C=O) groups excluding carboxylic acids is 1. The lowest BCUT2D eigenvalue weighted by Crippen LogP contribution is -2.12. The Morgan fingerprint density at radius 2 is 1.91 bits per heavy atom. The summed E-state index contributed by atoms with van der Waals surface area (Å²) in [7, 11) is 1.95. The van der Waals surface area contributed by atoms with Crippen molar-refractivity contribution in [3.8, 4) is 5.69 Å². The monoisotopic (exact) mass is 429 g/mol. The van der Waals surface area contributed by atoms with Crippen LogP contribution in [0.4, 0.5) is 5.95 Å². The molecule has 0 saturated heterocycles. The van der Waals surface area contributed by atoms with Crippen LogP contribution in [0, 0.1) is 13.8 Å². The van der Waals surface area contributed by atoms with E-state index >= 15 is 0 Å². The summed E-state index contributed by atoms with van der Waals surface area (Å²) < 4.78 is 9.40. The van der Waals surface area contributed by atoms with E-state index in [4.69, 9.17) is 4.74 Å². The minimum atomic E-state index is -0.322. The second kappa shape index (κ2) is 8.70. The Hall–Kier alpha value is -3.87. The maximum absolute atomic E-state index is 12.3. The summed E-state index contributed by atoms with van der Waals surface area (Å²) in [5.41, 5.74) is 9.47. The lowest BCUT2D eigenvalue weighted by atomic mass is 10.2. The van der Waals surface area contributed by atoms with E-state index in [0.717, 1.165) is 33.7 Å². The Morgan fingerprint density at radius 3 is 2.66 bits per heavy atom. The molecule has 2 heterocycles. The molecule has 0 atom stereocenters. The Balaban J connectivity index is 1.58. The third-order valence-corrected chi connectivity index (χ3v) is 5.31. The third-order valence-electron chi connectivity index (χ3n) is 5.31. The first-order valence-corrected chi connectivity index (χ1v) is 10.6. The van der Waals surface area contributed by atoms with Gasteiger partial charge in [-0.3, -0.25) is 0 Å². The molecule has 2 aromatic heterocycles. The number of nitrogens with zero attached hydrogens (tertiary/aromatic N) is 4. The SMILES string of the molecule is Cc1cc(/C=N\Nc2nc3ccccc3n2C)c(C)n1-c1cccc(C(=O)OC(C)C)c1. The predicted molar refractivity (Wildman–Crippen MR) is 128 cm³/mol. The smallest absolute Gasteiger partial charge is 0.338 e. The average Bonchev–Trinajstić information content (AvgIpc) is 3.23. The van der Waals surface area contributed by atoms with Gasteiger partial charge in [0.25, 0.3) is 0 Å². The Morgan fingerprint density at radius 1 is 1.12 bits per heavy atom. The molecule has 0 aliphatic heterocycles. The molecule has 2 aromatic carbocycles. The lowest BCUT2D eigenvalue weighted by molar-refractivity contribution is 0.0378. The fourth-order valence-corrected chi connectivity index (χ4v) is 3.77. The van der Waals surface area contributed by atoms with Crippen molar-refractivity contribution in [1.29, 1.82) is 0 Å². The number of hydrogen-bond acceptors (Lipinski definition) is 5. The number of hydrogen-bond donors (Lipinski definition) is 1. The van der Waals surface area contributed by atoms with Crippen molar-refractivity contribution >= 4 is 29.2 Å². The highest BCUT2D eigenvalue weighted by Crippen LogP contribution is 2.22. The van der Waals surface area contributed by atoms with Gasteiger partial charge in [0.2, 0.25) is 5.95 Å². The van der Waals surface area contributed by atoms with Gasteiger partial charge in [-0.1, -0.05) is 18.2 Å². The maximum atomic E-state index is 12.3. The molecular weight excluding hydrogens is 402 g/mol. The number of nitrogens with one attached hydrogen (secondary N) is 1. The number of fused-ring (bicyclic) bond motifs is 1. The highest BCUT2D eigenvalue weighted by Gasteiger charge is 2.14. The minimum Gasteiger partial charge on any atom is -0.459 e. The van der Waals surface area contributed by atoms with Gasteiger partial charge in [0.15, 0.2) is 0 Å². The van der Waals surface area contributed by atoms with Crippen molar-refractivity contribution in [2.75, 3.05) is 5.43 Å².